The topological polar surface area (TPSA) is 95.5 Å². The molecule has 3 aromatic rings. The van der Waals surface area contributed by atoms with Crippen LogP contribution in [0.1, 0.15) is 31.9 Å². The summed E-state index contributed by atoms with van der Waals surface area (Å²) in [6.07, 6.45) is 0. The van der Waals surface area contributed by atoms with E-state index in [1.54, 1.807) is 47.6 Å². The number of imidazole rings is 1. The van der Waals surface area contributed by atoms with Crippen LogP contribution in [0.25, 0.3) is 11.0 Å². The number of carbonyl (C=O) groups is 1. The lowest BCUT2D eigenvalue weighted by Crippen LogP contribution is -2.41. The van der Waals surface area contributed by atoms with Crippen molar-refractivity contribution < 1.29 is 19.0 Å². The number of nitriles is 1. The van der Waals surface area contributed by atoms with Crippen LogP contribution in [0.15, 0.2) is 41.2 Å². The minimum Gasteiger partial charge on any atom is -0.493 e. The highest BCUT2D eigenvalue weighted by Crippen LogP contribution is 2.29. The van der Waals surface area contributed by atoms with Crippen LogP contribution < -0.4 is 15.2 Å². The normalized spacial score (nSPS) is 11.2. The second-order valence-corrected chi connectivity index (χ2v) is 7.80. The number of nitrogens with zero attached hydrogens (tertiary/aromatic N) is 3. The molecule has 0 saturated heterocycles. The SMILES string of the molecule is COc1ccc(Cn2c(=O)n(C(C)(C)COC(C)=O)c3ccc(C#N)cc32)cc1OC. The molecule has 0 atom stereocenters. The van der Waals surface area contributed by atoms with Crippen LogP contribution in [-0.2, 0) is 21.6 Å². The largest absolute Gasteiger partial charge is 0.493 e. The Kier molecular flexibility index (Phi) is 6.07. The molecule has 0 saturated carbocycles. The molecular weight excluding hydrogens is 398 g/mol. The summed E-state index contributed by atoms with van der Waals surface area (Å²) in [6.45, 7) is 5.29. The molecule has 0 aliphatic carbocycles. The third-order valence-corrected chi connectivity index (χ3v) is 5.08. The third-order valence-electron chi connectivity index (χ3n) is 5.08. The van der Waals surface area contributed by atoms with Crippen LogP contribution in [0.4, 0.5) is 0 Å². The highest BCUT2D eigenvalue weighted by molar-refractivity contribution is 5.78. The van der Waals surface area contributed by atoms with E-state index in [-0.39, 0.29) is 18.8 Å². The van der Waals surface area contributed by atoms with Crippen LogP contribution >= 0.6 is 0 Å². The summed E-state index contributed by atoms with van der Waals surface area (Å²) in [6, 6.07) is 12.7. The van der Waals surface area contributed by atoms with E-state index in [1.807, 2.05) is 26.0 Å². The smallest absolute Gasteiger partial charge is 0.330 e. The molecule has 1 heterocycles. The van der Waals surface area contributed by atoms with Crippen molar-refractivity contribution in [3.05, 3.63) is 58.0 Å². The molecule has 0 radical (unpaired) electrons. The lowest BCUT2D eigenvalue weighted by molar-refractivity contribution is -0.143. The van der Waals surface area contributed by atoms with Gasteiger partial charge >= 0.3 is 11.7 Å². The van der Waals surface area contributed by atoms with E-state index in [1.165, 1.54) is 6.92 Å². The van der Waals surface area contributed by atoms with Crippen LogP contribution in [0, 0.1) is 11.3 Å². The number of esters is 1. The molecule has 0 aliphatic heterocycles. The Morgan fingerprint density at radius 3 is 2.39 bits per heavy atom. The first-order valence-electron chi connectivity index (χ1n) is 9.72. The first-order chi connectivity index (χ1) is 14.7. The number of ether oxygens (including phenoxy) is 3. The zero-order valence-electron chi connectivity index (χ0n) is 18.3. The van der Waals surface area contributed by atoms with E-state index in [2.05, 4.69) is 6.07 Å². The molecule has 3 rings (SSSR count). The molecule has 2 aromatic carbocycles. The molecule has 31 heavy (non-hydrogen) atoms. The van der Waals surface area contributed by atoms with Crippen molar-refractivity contribution in [2.75, 3.05) is 20.8 Å². The van der Waals surface area contributed by atoms with E-state index in [0.29, 0.717) is 28.1 Å². The Balaban J connectivity index is 2.17. The van der Waals surface area contributed by atoms with Crippen molar-refractivity contribution in [2.45, 2.75) is 32.9 Å². The molecule has 0 spiro atoms. The van der Waals surface area contributed by atoms with E-state index < -0.39 is 11.5 Å². The fourth-order valence-corrected chi connectivity index (χ4v) is 3.57. The highest BCUT2D eigenvalue weighted by Gasteiger charge is 2.28. The molecule has 0 aliphatic rings. The second-order valence-electron chi connectivity index (χ2n) is 7.80. The average molecular weight is 423 g/mol. The number of aromatic nitrogens is 2. The molecule has 0 N–H and O–H groups in total. The molecule has 1 aromatic heterocycles. The molecule has 0 bridgehead atoms. The van der Waals surface area contributed by atoms with Crippen molar-refractivity contribution >= 4 is 17.0 Å². The summed E-state index contributed by atoms with van der Waals surface area (Å²) in [7, 11) is 3.11. The Hall–Kier alpha value is -3.73. The summed E-state index contributed by atoms with van der Waals surface area (Å²) in [4.78, 5) is 24.8. The van der Waals surface area contributed by atoms with Crippen molar-refractivity contribution in [3.8, 4) is 17.6 Å². The Morgan fingerprint density at radius 1 is 1.06 bits per heavy atom. The van der Waals surface area contributed by atoms with Gasteiger partial charge in [-0.3, -0.25) is 13.9 Å². The summed E-state index contributed by atoms with van der Waals surface area (Å²) in [5.74, 6) is 0.738. The molecule has 8 nitrogen and oxygen atoms in total. The first kappa shape index (κ1) is 22.0. The van der Waals surface area contributed by atoms with Gasteiger partial charge in [0.2, 0.25) is 0 Å². The van der Waals surface area contributed by atoms with Gasteiger partial charge in [0.05, 0.1) is 49.0 Å². The Bertz CT molecular complexity index is 1230. The van der Waals surface area contributed by atoms with Gasteiger partial charge in [0.25, 0.3) is 0 Å². The Labute approximate surface area is 180 Å². The lowest BCUT2D eigenvalue weighted by Gasteiger charge is -2.25. The number of methoxy groups -OCH3 is 2. The van der Waals surface area contributed by atoms with Crippen LogP contribution in [0.5, 0.6) is 11.5 Å². The molecule has 8 heteroatoms. The minimum atomic E-state index is -0.794. The van der Waals surface area contributed by atoms with Crippen molar-refractivity contribution in [2.24, 2.45) is 0 Å². The first-order valence-corrected chi connectivity index (χ1v) is 9.72. The molecular formula is C23H25N3O5. The highest BCUT2D eigenvalue weighted by atomic mass is 16.5. The van der Waals surface area contributed by atoms with Crippen LogP contribution in [0.2, 0.25) is 0 Å². The van der Waals surface area contributed by atoms with E-state index in [9.17, 15) is 14.9 Å². The average Bonchev–Trinajstić information content (AvgIpc) is 3.03. The molecule has 0 amide bonds. The summed E-state index contributed by atoms with van der Waals surface area (Å²) in [5, 5.41) is 9.35. The van der Waals surface area contributed by atoms with Crippen molar-refractivity contribution in [1.29, 1.82) is 5.26 Å². The standard InChI is InChI=1S/C23H25N3O5/c1-15(27)31-14-23(2,3)26-18-8-6-16(12-24)10-19(18)25(22(26)28)13-17-7-9-20(29-4)21(11-17)30-5/h6-11H,13-14H2,1-5H3. The predicted molar refractivity (Wildman–Crippen MR) is 116 cm³/mol. The maximum absolute atomic E-state index is 13.5. The number of benzene rings is 2. The van der Waals surface area contributed by atoms with E-state index in [4.69, 9.17) is 14.2 Å². The van der Waals surface area contributed by atoms with Gasteiger partial charge in [-0.15, -0.1) is 0 Å². The van der Waals surface area contributed by atoms with Gasteiger partial charge < -0.3 is 14.2 Å². The van der Waals surface area contributed by atoms with E-state index in [0.717, 1.165) is 5.56 Å². The number of fused-ring (bicyclic) bond motifs is 1. The second kappa shape index (κ2) is 8.56. The molecule has 0 unspecified atom stereocenters. The summed E-state index contributed by atoms with van der Waals surface area (Å²) >= 11 is 0. The predicted octanol–water partition coefficient (Wildman–Crippen LogP) is 3.04. The maximum atomic E-state index is 13.5. The van der Waals surface area contributed by atoms with Gasteiger partial charge in [0.15, 0.2) is 11.5 Å². The summed E-state index contributed by atoms with van der Waals surface area (Å²) < 4.78 is 19.1. The number of hydrogen-bond acceptors (Lipinski definition) is 6. The molecule has 0 fully saturated rings. The zero-order valence-corrected chi connectivity index (χ0v) is 18.3. The monoisotopic (exact) mass is 423 g/mol. The van der Waals surface area contributed by atoms with Crippen molar-refractivity contribution in [3.63, 3.8) is 0 Å². The maximum Gasteiger partial charge on any atom is 0.330 e. The van der Waals surface area contributed by atoms with Crippen LogP contribution in [-0.4, -0.2) is 35.9 Å². The lowest BCUT2D eigenvalue weighted by atomic mass is 10.1. The molecule has 162 valence electrons. The number of hydrogen-bond donors (Lipinski definition) is 0. The zero-order chi connectivity index (χ0) is 22.8. The fourth-order valence-electron chi connectivity index (χ4n) is 3.57. The number of rotatable bonds is 7. The Morgan fingerprint density at radius 2 is 1.77 bits per heavy atom. The minimum absolute atomic E-state index is 0.0394. The number of carbonyl (C=O) groups excluding carboxylic acids is 1. The van der Waals surface area contributed by atoms with Gasteiger partial charge in [-0.05, 0) is 49.7 Å². The van der Waals surface area contributed by atoms with Crippen LogP contribution in [0.3, 0.4) is 0 Å². The third kappa shape index (κ3) is 4.26. The fraction of sp³-hybridized carbons (Fsp3) is 0.348. The van der Waals surface area contributed by atoms with Gasteiger partial charge in [-0.25, -0.2) is 4.79 Å². The quantitative estimate of drug-likeness (QED) is 0.542. The van der Waals surface area contributed by atoms with Crippen molar-refractivity contribution in [1.82, 2.24) is 9.13 Å². The van der Waals surface area contributed by atoms with Gasteiger partial charge in [0, 0.05) is 6.92 Å². The van der Waals surface area contributed by atoms with Gasteiger partial charge in [-0.1, -0.05) is 6.07 Å². The van der Waals surface area contributed by atoms with E-state index >= 15 is 0 Å². The van der Waals surface area contributed by atoms with Gasteiger partial charge in [0.1, 0.15) is 6.61 Å². The van der Waals surface area contributed by atoms with Gasteiger partial charge in [-0.2, -0.15) is 5.26 Å². The summed E-state index contributed by atoms with van der Waals surface area (Å²) in [5.41, 5.74) is 1.49.